The number of carbonyl (C=O) groups is 1. The zero-order valence-electron chi connectivity index (χ0n) is 18.2. The lowest BCUT2D eigenvalue weighted by Gasteiger charge is -2.06. The number of nitrogens with one attached hydrogen (secondary N) is 1. The average Bonchev–Trinajstić information content (AvgIpc) is 3.27. The van der Waals surface area contributed by atoms with E-state index in [9.17, 15) is 4.79 Å². The van der Waals surface area contributed by atoms with Crippen LogP contribution in [0.3, 0.4) is 0 Å². The van der Waals surface area contributed by atoms with Crippen LogP contribution in [0.4, 0.5) is 5.13 Å². The number of anilines is 1. The van der Waals surface area contributed by atoms with Crippen LogP contribution in [0.15, 0.2) is 71.2 Å². The van der Waals surface area contributed by atoms with Crippen molar-refractivity contribution in [3.8, 4) is 38.9 Å². The summed E-state index contributed by atoms with van der Waals surface area (Å²) in [5.74, 6) is 1.94. The molecule has 4 rings (SSSR count). The molecule has 0 saturated carbocycles. The summed E-state index contributed by atoms with van der Waals surface area (Å²) >= 11 is 4.84. The predicted octanol–water partition coefficient (Wildman–Crippen LogP) is 6.52. The summed E-state index contributed by atoms with van der Waals surface area (Å²) in [4.78, 5) is 18.6. The van der Waals surface area contributed by atoms with Gasteiger partial charge >= 0.3 is 0 Å². The summed E-state index contributed by atoms with van der Waals surface area (Å²) in [6, 6.07) is 20.6. The molecule has 3 aromatic carbocycles. The van der Waals surface area contributed by atoms with Crippen LogP contribution in [-0.2, 0) is 0 Å². The monoisotopic (exact) mass is 524 g/mol. The number of ether oxygens (including phenoxy) is 3. The van der Waals surface area contributed by atoms with Crippen LogP contribution in [0, 0.1) is 0 Å². The SMILES string of the molecule is COc1ccc(-c2nc(NC(=O)c3ccc(OC)c(Br)c3)sc2-c2ccc(OC)cc2)cc1. The molecule has 168 valence electrons. The van der Waals surface area contributed by atoms with Gasteiger partial charge < -0.3 is 14.2 Å². The van der Waals surface area contributed by atoms with Crippen molar-refractivity contribution in [1.29, 1.82) is 0 Å². The maximum atomic E-state index is 12.9. The molecule has 8 heteroatoms. The van der Waals surface area contributed by atoms with Crippen molar-refractivity contribution in [2.75, 3.05) is 26.6 Å². The third-order valence-electron chi connectivity index (χ3n) is 4.98. The lowest BCUT2D eigenvalue weighted by atomic mass is 10.1. The van der Waals surface area contributed by atoms with Crippen molar-refractivity contribution in [2.45, 2.75) is 0 Å². The van der Waals surface area contributed by atoms with Crippen LogP contribution >= 0.6 is 27.3 Å². The van der Waals surface area contributed by atoms with Gasteiger partial charge in [-0.2, -0.15) is 0 Å². The highest BCUT2D eigenvalue weighted by atomic mass is 79.9. The molecule has 0 atom stereocenters. The number of hydrogen-bond acceptors (Lipinski definition) is 6. The van der Waals surface area contributed by atoms with E-state index in [-0.39, 0.29) is 5.91 Å². The minimum atomic E-state index is -0.255. The van der Waals surface area contributed by atoms with E-state index in [1.54, 1.807) is 39.5 Å². The van der Waals surface area contributed by atoms with Gasteiger partial charge in [-0.25, -0.2) is 4.98 Å². The number of halogens is 1. The smallest absolute Gasteiger partial charge is 0.257 e. The molecule has 1 heterocycles. The van der Waals surface area contributed by atoms with Crippen LogP contribution in [0.5, 0.6) is 17.2 Å². The zero-order chi connectivity index (χ0) is 23.4. The number of rotatable bonds is 7. The Hall–Kier alpha value is -3.36. The minimum Gasteiger partial charge on any atom is -0.497 e. The summed E-state index contributed by atoms with van der Waals surface area (Å²) in [6.07, 6.45) is 0. The fraction of sp³-hybridized carbons (Fsp3) is 0.120. The van der Waals surface area contributed by atoms with Gasteiger partial charge in [0.1, 0.15) is 17.2 Å². The van der Waals surface area contributed by atoms with Crippen LogP contribution < -0.4 is 19.5 Å². The summed E-state index contributed by atoms with van der Waals surface area (Å²) in [5, 5.41) is 3.43. The van der Waals surface area contributed by atoms with Crippen LogP contribution in [0.2, 0.25) is 0 Å². The van der Waals surface area contributed by atoms with Gasteiger partial charge in [0.05, 0.1) is 36.4 Å². The number of hydrogen-bond donors (Lipinski definition) is 1. The number of thiazole rings is 1. The Morgan fingerprint density at radius 2 is 1.45 bits per heavy atom. The van der Waals surface area contributed by atoms with Crippen LogP contribution in [0.25, 0.3) is 21.7 Å². The largest absolute Gasteiger partial charge is 0.497 e. The van der Waals surface area contributed by atoms with Crippen LogP contribution in [-0.4, -0.2) is 32.2 Å². The number of carbonyl (C=O) groups excluding carboxylic acids is 1. The van der Waals surface area contributed by atoms with Crippen molar-refractivity contribution < 1.29 is 19.0 Å². The van der Waals surface area contributed by atoms with E-state index in [2.05, 4.69) is 21.2 Å². The van der Waals surface area contributed by atoms with E-state index in [0.717, 1.165) is 33.2 Å². The average molecular weight is 525 g/mol. The second-order valence-corrected chi connectivity index (χ2v) is 8.81. The fourth-order valence-electron chi connectivity index (χ4n) is 3.23. The normalized spacial score (nSPS) is 10.5. The zero-order valence-corrected chi connectivity index (χ0v) is 20.6. The van der Waals surface area contributed by atoms with Gasteiger partial charge in [-0.05, 0) is 88.2 Å². The quantitative estimate of drug-likeness (QED) is 0.298. The lowest BCUT2D eigenvalue weighted by Crippen LogP contribution is -2.11. The Labute approximate surface area is 204 Å². The molecule has 0 radical (unpaired) electrons. The Kier molecular flexibility index (Phi) is 6.96. The third kappa shape index (κ3) is 5.02. The minimum absolute atomic E-state index is 0.255. The topological polar surface area (TPSA) is 69.7 Å². The maximum absolute atomic E-state index is 12.9. The summed E-state index contributed by atoms with van der Waals surface area (Å²) in [5.41, 5.74) is 3.17. The predicted molar refractivity (Wildman–Crippen MR) is 135 cm³/mol. The molecule has 0 aliphatic heterocycles. The first-order chi connectivity index (χ1) is 16.0. The van der Waals surface area contributed by atoms with E-state index >= 15 is 0 Å². The number of nitrogens with zero attached hydrogens (tertiary/aromatic N) is 1. The standard InChI is InChI=1S/C25H21BrN2O4S/c1-30-18-9-4-15(5-10-18)22-23(16-6-11-19(31-2)12-7-16)33-25(27-22)28-24(29)17-8-13-21(32-3)20(26)14-17/h4-14H,1-3H3,(H,27,28,29). The lowest BCUT2D eigenvalue weighted by molar-refractivity contribution is 0.102. The summed E-state index contributed by atoms with van der Waals surface area (Å²) in [7, 11) is 4.85. The highest BCUT2D eigenvalue weighted by Gasteiger charge is 2.18. The number of methoxy groups -OCH3 is 3. The highest BCUT2D eigenvalue weighted by molar-refractivity contribution is 9.10. The van der Waals surface area contributed by atoms with E-state index in [1.807, 2.05) is 48.5 Å². The van der Waals surface area contributed by atoms with Crippen molar-refractivity contribution >= 4 is 38.3 Å². The molecule has 1 aromatic heterocycles. The van der Waals surface area contributed by atoms with Gasteiger partial charge in [0.15, 0.2) is 5.13 Å². The summed E-state index contributed by atoms with van der Waals surface area (Å²) in [6.45, 7) is 0. The first-order valence-electron chi connectivity index (χ1n) is 9.97. The van der Waals surface area contributed by atoms with Gasteiger partial charge in [0.2, 0.25) is 0 Å². The van der Waals surface area contributed by atoms with Gasteiger partial charge in [0.25, 0.3) is 5.91 Å². The van der Waals surface area contributed by atoms with E-state index in [4.69, 9.17) is 19.2 Å². The van der Waals surface area contributed by atoms with E-state index < -0.39 is 0 Å². The molecule has 0 aliphatic carbocycles. The Balaban J connectivity index is 1.70. The fourth-order valence-corrected chi connectivity index (χ4v) is 4.76. The number of aromatic nitrogens is 1. The molecule has 1 N–H and O–H groups in total. The highest BCUT2D eigenvalue weighted by Crippen LogP contribution is 2.40. The molecule has 6 nitrogen and oxygen atoms in total. The third-order valence-corrected chi connectivity index (χ3v) is 6.62. The van der Waals surface area contributed by atoms with E-state index in [1.165, 1.54) is 11.3 Å². The molecule has 0 unspecified atom stereocenters. The van der Waals surface area contributed by atoms with Crippen molar-refractivity contribution in [1.82, 2.24) is 4.98 Å². The molecule has 0 saturated heterocycles. The molecule has 4 aromatic rings. The first kappa shape index (κ1) is 22.8. The molecule has 0 aliphatic rings. The molecule has 1 amide bonds. The van der Waals surface area contributed by atoms with Crippen LogP contribution in [0.1, 0.15) is 10.4 Å². The molecule has 0 spiro atoms. The summed E-state index contributed by atoms with van der Waals surface area (Å²) < 4.78 is 16.5. The van der Waals surface area contributed by atoms with Gasteiger partial charge in [-0.1, -0.05) is 11.3 Å². The van der Waals surface area contributed by atoms with Crippen molar-refractivity contribution in [2.24, 2.45) is 0 Å². The number of amides is 1. The van der Waals surface area contributed by atoms with Gasteiger partial charge in [-0.3, -0.25) is 10.1 Å². The van der Waals surface area contributed by atoms with Crippen molar-refractivity contribution in [3.63, 3.8) is 0 Å². The van der Waals surface area contributed by atoms with E-state index in [0.29, 0.717) is 20.9 Å². The second-order valence-electron chi connectivity index (χ2n) is 6.96. The molecular formula is C25H21BrN2O4S. The van der Waals surface area contributed by atoms with Crippen molar-refractivity contribution in [3.05, 3.63) is 76.8 Å². The molecular weight excluding hydrogens is 504 g/mol. The molecule has 0 fully saturated rings. The number of benzene rings is 3. The first-order valence-corrected chi connectivity index (χ1v) is 11.6. The molecule has 0 bridgehead atoms. The van der Waals surface area contributed by atoms with Gasteiger partial charge in [0, 0.05) is 11.1 Å². The maximum Gasteiger partial charge on any atom is 0.257 e. The Morgan fingerprint density at radius 1 is 0.848 bits per heavy atom. The molecule has 33 heavy (non-hydrogen) atoms. The Bertz CT molecular complexity index is 1210. The van der Waals surface area contributed by atoms with Gasteiger partial charge in [-0.15, -0.1) is 0 Å². The Morgan fingerprint density at radius 3 is 2.00 bits per heavy atom. The second kappa shape index (κ2) is 10.1.